The summed E-state index contributed by atoms with van der Waals surface area (Å²) < 4.78 is 40.2. The van der Waals surface area contributed by atoms with Crippen LogP contribution in [-0.2, 0) is 11.2 Å². The number of carbonyl (C=O) groups excluding carboxylic acids is 1. The molecule has 0 heterocycles. The molecule has 152 valence electrons. The van der Waals surface area contributed by atoms with Crippen LogP contribution < -0.4 is 16.4 Å². The summed E-state index contributed by atoms with van der Waals surface area (Å²) in [4.78, 5) is 12.3. The van der Waals surface area contributed by atoms with Gasteiger partial charge in [-0.15, -0.1) is 0 Å². The topological polar surface area (TPSA) is 67.1 Å². The molecule has 0 aromatic heterocycles. The van der Waals surface area contributed by atoms with Gasteiger partial charge in [0.25, 0.3) is 0 Å². The molecule has 0 aliphatic rings. The summed E-state index contributed by atoms with van der Waals surface area (Å²) in [7, 11) is 0. The van der Waals surface area contributed by atoms with E-state index in [-0.39, 0.29) is 5.56 Å². The fraction of sp³-hybridized carbons (Fsp3) is 0.381. The number of carbonyl (C=O) groups is 1. The number of anilines is 1. The van der Waals surface area contributed by atoms with Gasteiger partial charge < -0.3 is 11.1 Å². The van der Waals surface area contributed by atoms with Crippen LogP contribution in [0.4, 0.5) is 18.9 Å². The number of benzene rings is 2. The molecular formula is C21H26F3N3O. The van der Waals surface area contributed by atoms with E-state index < -0.39 is 29.7 Å². The van der Waals surface area contributed by atoms with Gasteiger partial charge in [0.1, 0.15) is 6.04 Å². The molecule has 28 heavy (non-hydrogen) atoms. The zero-order chi connectivity index (χ0) is 20.9. The van der Waals surface area contributed by atoms with Crippen LogP contribution in [0.1, 0.15) is 37.9 Å². The van der Waals surface area contributed by atoms with E-state index in [2.05, 4.69) is 10.6 Å². The van der Waals surface area contributed by atoms with E-state index in [1.165, 1.54) is 24.3 Å². The molecule has 2 atom stereocenters. The Morgan fingerprint density at radius 2 is 1.57 bits per heavy atom. The minimum absolute atomic E-state index is 0.0778. The highest BCUT2D eigenvalue weighted by Crippen LogP contribution is 2.34. The van der Waals surface area contributed by atoms with Gasteiger partial charge in [0, 0.05) is 11.2 Å². The van der Waals surface area contributed by atoms with Crippen molar-refractivity contribution in [2.75, 3.05) is 5.32 Å². The lowest BCUT2D eigenvalue weighted by atomic mass is 10.0. The molecule has 7 heteroatoms. The van der Waals surface area contributed by atoms with Gasteiger partial charge >= 0.3 is 6.18 Å². The van der Waals surface area contributed by atoms with Crippen LogP contribution in [0.25, 0.3) is 0 Å². The van der Waals surface area contributed by atoms with Gasteiger partial charge in [-0.1, -0.05) is 42.5 Å². The Labute approximate surface area is 163 Å². The maximum absolute atomic E-state index is 13.4. The van der Waals surface area contributed by atoms with Crippen LogP contribution in [0.2, 0.25) is 0 Å². The van der Waals surface area contributed by atoms with Crippen molar-refractivity contribution in [3.8, 4) is 0 Å². The Balaban J connectivity index is 2.05. The van der Waals surface area contributed by atoms with E-state index in [4.69, 9.17) is 5.73 Å². The van der Waals surface area contributed by atoms with Crippen molar-refractivity contribution in [1.82, 2.24) is 5.32 Å². The van der Waals surface area contributed by atoms with Crippen molar-refractivity contribution in [2.45, 2.75) is 51.0 Å². The molecule has 0 aliphatic heterocycles. The third kappa shape index (κ3) is 6.65. The first-order valence-corrected chi connectivity index (χ1v) is 9.00. The minimum atomic E-state index is -4.43. The van der Waals surface area contributed by atoms with Gasteiger partial charge in [-0.25, -0.2) is 0 Å². The second-order valence-corrected chi connectivity index (χ2v) is 7.78. The summed E-state index contributed by atoms with van der Waals surface area (Å²) in [6.45, 7) is 5.03. The lowest BCUT2D eigenvalue weighted by Crippen LogP contribution is -2.45. The average Bonchev–Trinajstić information content (AvgIpc) is 2.60. The predicted molar refractivity (Wildman–Crippen MR) is 105 cm³/mol. The molecule has 2 aromatic carbocycles. The number of nitrogens with one attached hydrogen (secondary N) is 2. The van der Waals surface area contributed by atoms with Crippen molar-refractivity contribution in [1.29, 1.82) is 0 Å². The average molecular weight is 393 g/mol. The van der Waals surface area contributed by atoms with Crippen LogP contribution in [-0.4, -0.2) is 23.7 Å². The number of hydrogen-bond donors (Lipinski definition) is 3. The van der Waals surface area contributed by atoms with Gasteiger partial charge in [0.05, 0.1) is 6.04 Å². The Kier molecular flexibility index (Phi) is 6.85. The van der Waals surface area contributed by atoms with E-state index in [0.29, 0.717) is 12.1 Å². The van der Waals surface area contributed by atoms with Gasteiger partial charge in [0.15, 0.2) is 0 Å². The zero-order valence-corrected chi connectivity index (χ0v) is 16.2. The number of rotatable bonds is 6. The SMILES string of the molecule is CC(C)(C)NC(c1ccc(NC(=O)C(N)Cc2ccccc2)cc1)C(F)(F)F. The molecule has 0 saturated heterocycles. The molecule has 2 aromatic rings. The normalized spacial score (nSPS) is 14.4. The smallest absolute Gasteiger partial charge is 0.325 e. The molecule has 4 N–H and O–H groups in total. The molecule has 0 radical (unpaired) electrons. The number of nitrogens with two attached hydrogens (primary N) is 1. The molecular weight excluding hydrogens is 367 g/mol. The maximum Gasteiger partial charge on any atom is 0.407 e. The largest absolute Gasteiger partial charge is 0.407 e. The van der Waals surface area contributed by atoms with Crippen molar-refractivity contribution < 1.29 is 18.0 Å². The van der Waals surface area contributed by atoms with Crippen molar-refractivity contribution in [2.24, 2.45) is 5.73 Å². The van der Waals surface area contributed by atoms with Crippen LogP contribution in [0.3, 0.4) is 0 Å². The Bertz CT molecular complexity index is 768. The highest BCUT2D eigenvalue weighted by Gasteiger charge is 2.42. The van der Waals surface area contributed by atoms with E-state index >= 15 is 0 Å². The van der Waals surface area contributed by atoms with Gasteiger partial charge in [-0.05, 0) is 50.5 Å². The highest BCUT2D eigenvalue weighted by atomic mass is 19.4. The summed E-state index contributed by atoms with van der Waals surface area (Å²) in [5.41, 5.74) is 6.63. The van der Waals surface area contributed by atoms with Crippen molar-refractivity contribution in [3.05, 3.63) is 65.7 Å². The molecule has 0 spiro atoms. The van der Waals surface area contributed by atoms with Gasteiger partial charge in [-0.3, -0.25) is 10.1 Å². The van der Waals surface area contributed by atoms with Crippen molar-refractivity contribution >= 4 is 11.6 Å². The second-order valence-electron chi connectivity index (χ2n) is 7.78. The predicted octanol–water partition coefficient (Wildman–Crippen LogP) is 4.19. The Hall–Kier alpha value is -2.38. The zero-order valence-electron chi connectivity index (χ0n) is 16.2. The monoisotopic (exact) mass is 393 g/mol. The van der Waals surface area contributed by atoms with Gasteiger partial charge in [-0.2, -0.15) is 13.2 Å². The van der Waals surface area contributed by atoms with E-state index in [0.717, 1.165) is 5.56 Å². The summed E-state index contributed by atoms with van der Waals surface area (Å²) >= 11 is 0. The fourth-order valence-electron chi connectivity index (χ4n) is 2.74. The summed E-state index contributed by atoms with van der Waals surface area (Å²) in [6.07, 6.45) is -4.06. The van der Waals surface area contributed by atoms with Gasteiger partial charge in [0.2, 0.25) is 5.91 Å². The summed E-state index contributed by atoms with van der Waals surface area (Å²) in [5, 5.41) is 5.24. The minimum Gasteiger partial charge on any atom is -0.325 e. The molecule has 2 rings (SSSR count). The fourth-order valence-corrected chi connectivity index (χ4v) is 2.74. The maximum atomic E-state index is 13.4. The molecule has 0 fully saturated rings. The third-order valence-corrected chi connectivity index (χ3v) is 4.05. The number of hydrogen-bond acceptors (Lipinski definition) is 3. The standard InChI is InChI=1S/C21H26F3N3O/c1-20(2,3)27-18(21(22,23)24)15-9-11-16(12-10-15)26-19(28)17(25)13-14-7-5-4-6-8-14/h4-12,17-18,27H,13,25H2,1-3H3,(H,26,28). The first-order valence-electron chi connectivity index (χ1n) is 9.00. The van der Waals surface area contributed by atoms with E-state index in [1.54, 1.807) is 20.8 Å². The van der Waals surface area contributed by atoms with Crippen LogP contribution in [0.15, 0.2) is 54.6 Å². The first kappa shape index (κ1) is 21.9. The Morgan fingerprint density at radius 1 is 1.00 bits per heavy atom. The van der Waals surface area contributed by atoms with Crippen LogP contribution in [0, 0.1) is 0 Å². The lowest BCUT2D eigenvalue weighted by molar-refractivity contribution is -0.161. The number of halogens is 3. The van der Waals surface area contributed by atoms with Crippen LogP contribution in [0.5, 0.6) is 0 Å². The number of amides is 1. The molecule has 0 aliphatic carbocycles. The Morgan fingerprint density at radius 3 is 2.07 bits per heavy atom. The summed E-state index contributed by atoms with van der Waals surface area (Å²) in [5.74, 6) is -0.392. The first-order chi connectivity index (χ1) is 13.0. The van der Waals surface area contributed by atoms with Crippen LogP contribution >= 0.6 is 0 Å². The molecule has 2 unspecified atom stereocenters. The van der Waals surface area contributed by atoms with Crippen molar-refractivity contribution in [3.63, 3.8) is 0 Å². The molecule has 0 bridgehead atoms. The third-order valence-electron chi connectivity index (χ3n) is 4.05. The number of alkyl halides is 3. The second kappa shape index (κ2) is 8.75. The quantitative estimate of drug-likeness (QED) is 0.690. The van der Waals surface area contributed by atoms with E-state index in [1.807, 2.05) is 30.3 Å². The van der Waals surface area contributed by atoms with E-state index in [9.17, 15) is 18.0 Å². The highest BCUT2D eigenvalue weighted by molar-refractivity contribution is 5.94. The molecule has 1 amide bonds. The summed E-state index contributed by atoms with van der Waals surface area (Å²) in [6, 6.07) is 12.4. The molecule has 0 saturated carbocycles. The molecule has 4 nitrogen and oxygen atoms in total. The lowest BCUT2D eigenvalue weighted by Gasteiger charge is -2.30.